The van der Waals surface area contributed by atoms with Crippen LogP contribution >= 0.6 is 0 Å². The maximum absolute atomic E-state index is 12.7. The fourth-order valence-electron chi connectivity index (χ4n) is 3.68. The summed E-state index contributed by atoms with van der Waals surface area (Å²) in [5, 5.41) is 3.14. The zero-order chi connectivity index (χ0) is 18.0. The number of hydrogen-bond donors (Lipinski definition) is 2. The molecule has 5 nitrogen and oxygen atoms in total. The fraction of sp³-hybridized carbons (Fsp3) is 0.684. The number of nitrogens with one attached hydrogen (secondary N) is 2. The van der Waals surface area contributed by atoms with Crippen LogP contribution in [0.1, 0.15) is 79.1 Å². The van der Waals surface area contributed by atoms with E-state index in [0.717, 1.165) is 25.2 Å². The summed E-state index contributed by atoms with van der Waals surface area (Å²) in [5.74, 6) is 0.681. The van der Waals surface area contributed by atoms with E-state index in [-0.39, 0.29) is 24.0 Å². The van der Waals surface area contributed by atoms with Crippen molar-refractivity contribution in [1.82, 2.24) is 10.3 Å². The van der Waals surface area contributed by atoms with E-state index in [0.29, 0.717) is 28.4 Å². The summed E-state index contributed by atoms with van der Waals surface area (Å²) in [6.07, 6.45) is 3.10. The Morgan fingerprint density at radius 1 is 1.21 bits per heavy atom. The number of H-pyrrole nitrogens is 1. The Labute approximate surface area is 144 Å². The highest BCUT2D eigenvalue weighted by Crippen LogP contribution is 2.29. The zero-order valence-corrected chi connectivity index (χ0v) is 15.7. The minimum atomic E-state index is -0.379. The molecule has 0 bridgehead atoms. The quantitative estimate of drug-likeness (QED) is 0.824. The number of carbonyl (C=O) groups excluding carboxylic acids is 2. The predicted octanol–water partition coefficient (Wildman–Crippen LogP) is 3.75. The van der Waals surface area contributed by atoms with Gasteiger partial charge in [-0.05, 0) is 64.4 Å². The highest BCUT2D eigenvalue weighted by atomic mass is 16.5. The molecular weight excluding hydrogens is 304 g/mol. The normalized spacial score (nSPS) is 24.0. The third-order valence-corrected chi connectivity index (χ3v) is 4.96. The third kappa shape index (κ3) is 4.00. The third-order valence-electron chi connectivity index (χ3n) is 4.96. The Hall–Kier alpha value is -1.78. The Morgan fingerprint density at radius 3 is 2.46 bits per heavy atom. The van der Waals surface area contributed by atoms with Crippen LogP contribution in [0.25, 0.3) is 0 Å². The molecule has 1 aromatic rings. The molecule has 0 aromatic carbocycles. The number of ether oxygens (including phenoxy) is 1. The molecule has 1 saturated carbocycles. The van der Waals surface area contributed by atoms with E-state index in [1.165, 1.54) is 0 Å². The maximum Gasteiger partial charge on any atom is 0.340 e. The SMILES string of the molecule is Cc1[nH]c(C(=O)N[C@@H]2CC[C@@H](C)C[C@H]2C)c(C)c1C(=O)OC(C)C. The van der Waals surface area contributed by atoms with Crippen LogP contribution in [0.2, 0.25) is 0 Å². The minimum absolute atomic E-state index is 0.134. The predicted molar refractivity (Wildman–Crippen MR) is 94.3 cm³/mol. The molecule has 1 amide bonds. The van der Waals surface area contributed by atoms with Crippen molar-refractivity contribution in [3.63, 3.8) is 0 Å². The highest BCUT2D eigenvalue weighted by Gasteiger charge is 2.29. The Morgan fingerprint density at radius 2 is 1.88 bits per heavy atom. The molecule has 0 radical (unpaired) electrons. The second-order valence-electron chi connectivity index (χ2n) is 7.55. The molecule has 5 heteroatoms. The van der Waals surface area contributed by atoms with Crippen LogP contribution in [-0.4, -0.2) is 29.0 Å². The lowest BCUT2D eigenvalue weighted by Gasteiger charge is -2.33. The monoisotopic (exact) mass is 334 g/mol. The lowest BCUT2D eigenvalue weighted by atomic mass is 9.80. The van der Waals surface area contributed by atoms with Gasteiger partial charge in [-0.1, -0.05) is 13.8 Å². The standard InChI is InChI=1S/C19H30N2O3/c1-10(2)24-19(23)16-13(5)17(20-14(16)6)18(22)21-15-8-7-11(3)9-12(15)4/h10-12,15,20H,7-9H2,1-6H3,(H,21,22)/t11-,12-,15-/m1/s1. The minimum Gasteiger partial charge on any atom is -0.459 e. The number of aromatic amines is 1. The molecule has 1 aromatic heterocycles. The lowest BCUT2D eigenvalue weighted by molar-refractivity contribution is 0.0376. The van der Waals surface area contributed by atoms with Gasteiger partial charge in [-0.25, -0.2) is 4.79 Å². The van der Waals surface area contributed by atoms with Gasteiger partial charge in [-0.2, -0.15) is 0 Å². The second-order valence-corrected chi connectivity index (χ2v) is 7.55. The summed E-state index contributed by atoms with van der Waals surface area (Å²) < 4.78 is 5.28. The lowest BCUT2D eigenvalue weighted by Crippen LogP contribution is -2.42. The second kappa shape index (κ2) is 7.41. The molecule has 2 N–H and O–H groups in total. The van der Waals surface area contributed by atoms with Gasteiger partial charge in [0.15, 0.2) is 0 Å². The van der Waals surface area contributed by atoms with E-state index in [4.69, 9.17) is 4.74 Å². The summed E-state index contributed by atoms with van der Waals surface area (Å²) in [5.41, 5.74) is 2.27. The average molecular weight is 334 g/mol. The molecule has 24 heavy (non-hydrogen) atoms. The molecule has 1 heterocycles. The molecule has 1 aliphatic carbocycles. The van der Waals surface area contributed by atoms with Gasteiger partial charge >= 0.3 is 5.97 Å². The summed E-state index contributed by atoms with van der Waals surface area (Å²) in [4.78, 5) is 28.0. The first kappa shape index (κ1) is 18.6. The molecule has 134 valence electrons. The number of hydrogen-bond acceptors (Lipinski definition) is 3. The van der Waals surface area contributed by atoms with Gasteiger partial charge in [0.25, 0.3) is 5.91 Å². The number of rotatable bonds is 4. The van der Waals surface area contributed by atoms with Crippen LogP contribution in [0.4, 0.5) is 0 Å². The fourth-order valence-corrected chi connectivity index (χ4v) is 3.68. The van der Waals surface area contributed by atoms with Crippen molar-refractivity contribution >= 4 is 11.9 Å². The first-order valence-corrected chi connectivity index (χ1v) is 8.91. The number of carbonyl (C=O) groups is 2. The summed E-state index contributed by atoms with van der Waals surface area (Å²) >= 11 is 0. The number of amides is 1. The molecule has 1 fully saturated rings. The molecule has 0 aliphatic heterocycles. The molecule has 0 spiro atoms. The van der Waals surface area contributed by atoms with Gasteiger partial charge in [-0.15, -0.1) is 0 Å². The molecule has 0 saturated heterocycles. The first-order chi connectivity index (χ1) is 11.2. The first-order valence-electron chi connectivity index (χ1n) is 8.91. The summed E-state index contributed by atoms with van der Waals surface area (Å²) in [6.45, 7) is 11.7. The van der Waals surface area contributed by atoms with Crippen LogP contribution < -0.4 is 5.32 Å². The number of esters is 1. The highest BCUT2D eigenvalue weighted by molar-refractivity contribution is 6.00. The van der Waals surface area contributed by atoms with Gasteiger partial charge in [0.2, 0.25) is 0 Å². The Kier molecular flexibility index (Phi) is 5.73. The van der Waals surface area contributed by atoms with Gasteiger partial charge in [0.1, 0.15) is 5.69 Å². The van der Waals surface area contributed by atoms with Crippen LogP contribution in [0.15, 0.2) is 0 Å². The topological polar surface area (TPSA) is 71.2 Å². The molecule has 0 unspecified atom stereocenters. The van der Waals surface area contributed by atoms with Crippen LogP contribution in [0.3, 0.4) is 0 Å². The van der Waals surface area contributed by atoms with Gasteiger partial charge in [0.05, 0.1) is 11.7 Å². The van der Waals surface area contributed by atoms with E-state index in [9.17, 15) is 9.59 Å². The Balaban J connectivity index is 2.14. The van der Waals surface area contributed by atoms with Gasteiger partial charge in [-0.3, -0.25) is 4.79 Å². The molecule has 1 aliphatic rings. The van der Waals surface area contributed by atoms with E-state index in [1.54, 1.807) is 13.8 Å². The van der Waals surface area contributed by atoms with Gasteiger partial charge in [0, 0.05) is 11.7 Å². The summed E-state index contributed by atoms with van der Waals surface area (Å²) in [6, 6.07) is 0.197. The van der Waals surface area contributed by atoms with Crippen molar-refractivity contribution in [2.75, 3.05) is 0 Å². The number of aryl methyl sites for hydroxylation is 1. The van der Waals surface area contributed by atoms with Gasteiger partial charge < -0.3 is 15.0 Å². The van der Waals surface area contributed by atoms with E-state index < -0.39 is 0 Å². The van der Waals surface area contributed by atoms with E-state index >= 15 is 0 Å². The van der Waals surface area contributed by atoms with Crippen molar-refractivity contribution in [2.45, 2.75) is 73.0 Å². The van der Waals surface area contributed by atoms with Crippen molar-refractivity contribution in [1.29, 1.82) is 0 Å². The maximum atomic E-state index is 12.7. The number of aromatic nitrogens is 1. The largest absolute Gasteiger partial charge is 0.459 e. The van der Waals surface area contributed by atoms with Crippen molar-refractivity contribution in [3.8, 4) is 0 Å². The van der Waals surface area contributed by atoms with E-state index in [2.05, 4.69) is 24.1 Å². The van der Waals surface area contributed by atoms with Crippen LogP contribution in [-0.2, 0) is 4.74 Å². The Bertz CT molecular complexity index is 618. The smallest absolute Gasteiger partial charge is 0.340 e. The molecular formula is C19H30N2O3. The van der Waals surface area contributed by atoms with E-state index in [1.807, 2.05) is 13.8 Å². The molecule has 3 atom stereocenters. The average Bonchev–Trinajstić information content (AvgIpc) is 2.76. The summed E-state index contributed by atoms with van der Waals surface area (Å²) in [7, 11) is 0. The van der Waals surface area contributed by atoms with Crippen LogP contribution in [0, 0.1) is 25.7 Å². The zero-order valence-electron chi connectivity index (χ0n) is 15.7. The van der Waals surface area contributed by atoms with Crippen molar-refractivity contribution in [2.24, 2.45) is 11.8 Å². The molecule has 2 rings (SSSR count). The van der Waals surface area contributed by atoms with Crippen LogP contribution in [0.5, 0.6) is 0 Å². The van der Waals surface area contributed by atoms with Crippen molar-refractivity contribution in [3.05, 3.63) is 22.5 Å². The van der Waals surface area contributed by atoms with Crippen molar-refractivity contribution < 1.29 is 14.3 Å².